The maximum atomic E-state index is 13.9. The number of rotatable bonds is 3. The van der Waals surface area contributed by atoms with Gasteiger partial charge in [-0.15, -0.1) is 0 Å². The van der Waals surface area contributed by atoms with Gasteiger partial charge in [0.05, 0.1) is 6.42 Å². The molecule has 24 heavy (non-hydrogen) atoms. The molecule has 0 unspecified atom stereocenters. The predicted molar refractivity (Wildman–Crippen MR) is 88.5 cm³/mol. The molecular formula is C19H19FN2O2. The lowest BCUT2D eigenvalue weighted by molar-refractivity contribution is -0.140. The second-order valence-corrected chi connectivity index (χ2v) is 6.18. The van der Waals surface area contributed by atoms with Crippen molar-refractivity contribution in [1.82, 2.24) is 4.90 Å². The van der Waals surface area contributed by atoms with Crippen LogP contribution in [0, 0.1) is 12.7 Å². The normalized spacial score (nSPS) is 16.6. The summed E-state index contributed by atoms with van der Waals surface area (Å²) in [5, 5.41) is 0. The van der Waals surface area contributed by atoms with E-state index in [1.54, 1.807) is 12.1 Å². The molecule has 0 fully saturated rings. The SMILES string of the molecule is Cc1ccc(F)c(CC(=O)N2Cc3ccccc3C[C@H]2C(N)=O)c1. The van der Waals surface area contributed by atoms with Crippen molar-refractivity contribution in [2.24, 2.45) is 5.73 Å². The van der Waals surface area contributed by atoms with Gasteiger partial charge in [-0.05, 0) is 29.7 Å². The maximum Gasteiger partial charge on any atom is 0.240 e. The van der Waals surface area contributed by atoms with Crippen LogP contribution in [-0.4, -0.2) is 22.8 Å². The zero-order chi connectivity index (χ0) is 17.3. The van der Waals surface area contributed by atoms with Gasteiger partial charge >= 0.3 is 0 Å². The summed E-state index contributed by atoms with van der Waals surface area (Å²) < 4.78 is 13.9. The summed E-state index contributed by atoms with van der Waals surface area (Å²) in [6.45, 7) is 2.16. The van der Waals surface area contributed by atoms with Crippen LogP contribution in [0.3, 0.4) is 0 Å². The lowest BCUT2D eigenvalue weighted by Gasteiger charge is -2.35. The summed E-state index contributed by atoms with van der Waals surface area (Å²) in [6, 6.07) is 11.6. The Morgan fingerprint density at radius 1 is 1.21 bits per heavy atom. The predicted octanol–water partition coefficient (Wildman–Crippen LogP) is 2.12. The molecule has 4 nitrogen and oxygen atoms in total. The zero-order valence-corrected chi connectivity index (χ0v) is 13.5. The van der Waals surface area contributed by atoms with Gasteiger partial charge in [0.15, 0.2) is 0 Å². The van der Waals surface area contributed by atoms with E-state index in [1.807, 2.05) is 31.2 Å². The average Bonchev–Trinajstić information content (AvgIpc) is 2.56. The number of primary amides is 1. The first-order valence-corrected chi connectivity index (χ1v) is 7.86. The molecule has 3 rings (SSSR count). The van der Waals surface area contributed by atoms with E-state index in [2.05, 4.69) is 0 Å². The van der Waals surface area contributed by atoms with Crippen LogP contribution < -0.4 is 5.73 Å². The van der Waals surface area contributed by atoms with Gasteiger partial charge in [-0.1, -0.05) is 42.0 Å². The quantitative estimate of drug-likeness (QED) is 0.939. The Morgan fingerprint density at radius 2 is 1.92 bits per heavy atom. The van der Waals surface area contributed by atoms with Gasteiger partial charge in [0.25, 0.3) is 0 Å². The number of nitrogens with two attached hydrogens (primary N) is 1. The first-order chi connectivity index (χ1) is 11.5. The summed E-state index contributed by atoms with van der Waals surface area (Å²) >= 11 is 0. The number of aryl methyl sites for hydroxylation is 1. The molecule has 1 atom stereocenters. The molecule has 0 radical (unpaired) electrons. The minimum atomic E-state index is -0.694. The Balaban J connectivity index is 1.87. The molecule has 5 heteroatoms. The van der Waals surface area contributed by atoms with Gasteiger partial charge < -0.3 is 10.6 Å². The molecule has 0 saturated heterocycles. The Morgan fingerprint density at radius 3 is 2.62 bits per heavy atom. The summed E-state index contributed by atoms with van der Waals surface area (Å²) in [5.74, 6) is -1.25. The zero-order valence-electron chi connectivity index (χ0n) is 13.5. The lowest BCUT2D eigenvalue weighted by Crippen LogP contribution is -2.51. The molecule has 2 N–H and O–H groups in total. The lowest BCUT2D eigenvalue weighted by atomic mass is 9.93. The number of hydrogen-bond donors (Lipinski definition) is 1. The molecule has 0 bridgehead atoms. The van der Waals surface area contributed by atoms with Crippen molar-refractivity contribution in [2.75, 3.05) is 0 Å². The summed E-state index contributed by atoms with van der Waals surface area (Å²) in [6.07, 6.45) is 0.313. The molecule has 2 aromatic carbocycles. The molecule has 2 aromatic rings. The highest BCUT2D eigenvalue weighted by molar-refractivity contribution is 5.88. The Labute approximate surface area is 140 Å². The first-order valence-electron chi connectivity index (χ1n) is 7.86. The van der Waals surface area contributed by atoms with E-state index in [0.29, 0.717) is 18.5 Å². The van der Waals surface area contributed by atoms with Crippen molar-refractivity contribution < 1.29 is 14.0 Å². The smallest absolute Gasteiger partial charge is 0.240 e. The largest absolute Gasteiger partial charge is 0.368 e. The van der Waals surface area contributed by atoms with Crippen molar-refractivity contribution in [3.63, 3.8) is 0 Å². The number of amides is 2. The number of benzene rings is 2. The second-order valence-electron chi connectivity index (χ2n) is 6.18. The molecular weight excluding hydrogens is 307 g/mol. The standard InChI is InChI=1S/C19H19FN2O2/c1-12-6-7-16(20)15(8-12)10-18(23)22-11-14-5-3-2-4-13(14)9-17(22)19(21)24/h2-8,17H,9-11H2,1H3,(H2,21,24)/t17-/m0/s1. The topological polar surface area (TPSA) is 63.4 Å². The fourth-order valence-corrected chi connectivity index (χ4v) is 3.14. The molecule has 1 aliphatic rings. The van der Waals surface area contributed by atoms with Crippen molar-refractivity contribution >= 4 is 11.8 Å². The highest BCUT2D eigenvalue weighted by atomic mass is 19.1. The molecule has 2 amide bonds. The van der Waals surface area contributed by atoms with Crippen molar-refractivity contribution in [3.8, 4) is 0 Å². The highest BCUT2D eigenvalue weighted by Crippen LogP contribution is 2.24. The number of halogens is 1. The van der Waals surface area contributed by atoms with Gasteiger partial charge in [-0.3, -0.25) is 9.59 Å². The van der Waals surface area contributed by atoms with E-state index in [9.17, 15) is 14.0 Å². The van der Waals surface area contributed by atoms with Gasteiger partial charge in [0.1, 0.15) is 11.9 Å². The molecule has 0 spiro atoms. The molecule has 0 aliphatic carbocycles. The van der Waals surface area contributed by atoms with E-state index in [0.717, 1.165) is 16.7 Å². The van der Waals surface area contributed by atoms with Crippen LogP contribution in [0.4, 0.5) is 4.39 Å². The maximum absolute atomic E-state index is 13.9. The minimum absolute atomic E-state index is 0.0839. The van der Waals surface area contributed by atoms with E-state index in [-0.39, 0.29) is 12.3 Å². The molecule has 0 aromatic heterocycles. The number of carbonyl (C=O) groups is 2. The molecule has 0 saturated carbocycles. The Bertz CT molecular complexity index is 804. The van der Waals surface area contributed by atoms with Crippen LogP contribution >= 0.6 is 0 Å². The first kappa shape index (κ1) is 16.2. The second kappa shape index (κ2) is 6.43. The van der Waals surface area contributed by atoms with E-state index in [1.165, 1.54) is 11.0 Å². The Hall–Kier alpha value is -2.69. The van der Waals surface area contributed by atoms with Crippen LogP contribution in [0.25, 0.3) is 0 Å². The van der Waals surface area contributed by atoms with Gasteiger partial charge in [0.2, 0.25) is 11.8 Å². The fourth-order valence-electron chi connectivity index (χ4n) is 3.14. The average molecular weight is 326 g/mol. The van der Waals surface area contributed by atoms with Gasteiger partial charge in [-0.25, -0.2) is 4.39 Å². The van der Waals surface area contributed by atoms with E-state index < -0.39 is 17.8 Å². The van der Waals surface area contributed by atoms with Crippen LogP contribution in [-0.2, 0) is 29.0 Å². The van der Waals surface area contributed by atoms with Crippen molar-refractivity contribution in [1.29, 1.82) is 0 Å². The fraction of sp³-hybridized carbons (Fsp3) is 0.263. The number of hydrogen-bond acceptors (Lipinski definition) is 2. The van der Waals surface area contributed by atoms with Crippen LogP contribution in [0.1, 0.15) is 22.3 Å². The molecule has 124 valence electrons. The molecule has 1 heterocycles. The number of fused-ring (bicyclic) bond motifs is 1. The van der Waals surface area contributed by atoms with Crippen LogP contribution in [0.15, 0.2) is 42.5 Å². The van der Waals surface area contributed by atoms with E-state index in [4.69, 9.17) is 5.73 Å². The number of carbonyl (C=O) groups excluding carboxylic acids is 2. The third kappa shape index (κ3) is 3.15. The summed E-state index contributed by atoms with van der Waals surface area (Å²) in [7, 11) is 0. The van der Waals surface area contributed by atoms with Crippen LogP contribution in [0.2, 0.25) is 0 Å². The Kier molecular flexibility index (Phi) is 4.34. The van der Waals surface area contributed by atoms with Crippen molar-refractivity contribution in [2.45, 2.75) is 32.4 Å². The summed E-state index contributed by atoms with van der Waals surface area (Å²) in [4.78, 5) is 26.0. The third-order valence-corrected chi connectivity index (χ3v) is 4.44. The number of nitrogens with zero attached hydrogens (tertiary/aromatic N) is 1. The van der Waals surface area contributed by atoms with Crippen LogP contribution in [0.5, 0.6) is 0 Å². The third-order valence-electron chi connectivity index (χ3n) is 4.44. The highest BCUT2D eigenvalue weighted by Gasteiger charge is 2.33. The summed E-state index contributed by atoms with van der Waals surface area (Å²) in [5.41, 5.74) is 8.73. The molecule has 1 aliphatic heterocycles. The monoisotopic (exact) mass is 326 g/mol. The minimum Gasteiger partial charge on any atom is -0.368 e. The van der Waals surface area contributed by atoms with Gasteiger partial charge in [0, 0.05) is 13.0 Å². The van der Waals surface area contributed by atoms with E-state index >= 15 is 0 Å². The van der Waals surface area contributed by atoms with Gasteiger partial charge in [-0.2, -0.15) is 0 Å². The van der Waals surface area contributed by atoms with Crippen molar-refractivity contribution in [3.05, 3.63) is 70.5 Å².